The van der Waals surface area contributed by atoms with Crippen molar-refractivity contribution in [3.05, 3.63) is 18.3 Å². The molecule has 0 saturated carbocycles. The number of rotatable bonds is 5. The van der Waals surface area contributed by atoms with Gasteiger partial charge in [-0.25, -0.2) is 0 Å². The van der Waals surface area contributed by atoms with Crippen LogP contribution < -0.4 is 20.5 Å². The maximum Gasteiger partial charge on any atom is 0.248 e. The molecule has 9 nitrogen and oxygen atoms in total. The molecule has 0 unspecified atom stereocenters. The van der Waals surface area contributed by atoms with Gasteiger partial charge in [0.15, 0.2) is 0 Å². The number of nitrogen functional groups attached to an aromatic ring is 1. The smallest absolute Gasteiger partial charge is 0.248 e. The molecule has 1 amide bonds. The number of carbonyl (C=O) groups is 1. The van der Waals surface area contributed by atoms with Crippen LogP contribution in [0.5, 0.6) is 11.8 Å². The van der Waals surface area contributed by atoms with Crippen LogP contribution in [-0.4, -0.2) is 39.9 Å². The van der Waals surface area contributed by atoms with E-state index in [0.717, 1.165) is 0 Å². The Morgan fingerprint density at radius 3 is 2.50 bits per heavy atom. The van der Waals surface area contributed by atoms with Crippen LogP contribution in [-0.2, 0) is 11.3 Å². The van der Waals surface area contributed by atoms with E-state index in [4.69, 9.17) is 15.2 Å². The van der Waals surface area contributed by atoms with Crippen molar-refractivity contribution in [2.75, 3.05) is 25.3 Å². The number of nitrogens with zero attached hydrogens (tertiary/aromatic N) is 4. The van der Waals surface area contributed by atoms with Crippen molar-refractivity contribution >= 4 is 17.7 Å². The number of amides is 1. The molecule has 0 atom stereocenters. The summed E-state index contributed by atoms with van der Waals surface area (Å²) in [6, 6.07) is 3.10. The first-order valence-corrected chi connectivity index (χ1v) is 5.66. The normalized spacial score (nSPS) is 10.1. The summed E-state index contributed by atoms with van der Waals surface area (Å²) >= 11 is 0. The van der Waals surface area contributed by atoms with Crippen molar-refractivity contribution in [2.24, 2.45) is 0 Å². The highest BCUT2D eigenvalue weighted by Gasteiger charge is 2.10. The van der Waals surface area contributed by atoms with Crippen molar-refractivity contribution in [1.82, 2.24) is 19.7 Å². The highest BCUT2D eigenvalue weighted by Crippen LogP contribution is 2.17. The summed E-state index contributed by atoms with van der Waals surface area (Å²) in [5.74, 6) is 0.665. The first-order valence-electron chi connectivity index (χ1n) is 5.66. The van der Waals surface area contributed by atoms with Gasteiger partial charge in [-0.05, 0) is 6.07 Å². The van der Waals surface area contributed by atoms with E-state index < -0.39 is 0 Å². The zero-order chi connectivity index (χ0) is 14.5. The molecule has 2 rings (SSSR count). The first-order chi connectivity index (χ1) is 9.60. The molecule has 20 heavy (non-hydrogen) atoms. The van der Waals surface area contributed by atoms with E-state index in [-0.39, 0.29) is 30.2 Å². The van der Waals surface area contributed by atoms with Gasteiger partial charge >= 0.3 is 0 Å². The molecule has 0 bridgehead atoms. The second kappa shape index (κ2) is 5.87. The van der Waals surface area contributed by atoms with Crippen LogP contribution in [0.2, 0.25) is 0 Å². The fraction of sp³-hybridized carbons (Fsp3) is 0.273. The van der Waals surface area contributed by atoms with Crippen LogP contribution in [0.1, 0.15) is 0 Å². The quantitative estimate of drug-likeness (QED) is 0.784. The van der Waals surface area contributed by atoms with E-state index in [1.807, 2.05) is 0 Å². The molecule has 9 heteroatoms. The van der Waals surface area contributed by atoms with Crippen LogP contribution in [0.25, 0.3) is 0 Å². The number of hydrogen-bond donors (Lipinski definition) is 2. The van der Waals surface area contributed by atoms with E-state index in [9.17, 15) is 4.79 Å². The monoisotopic (exact) mass is 278 g/mol. The van der Waals surface area contributed by atoms with Gasteiger partial charge in [-0.15, -0.1) is 0 Å². The van der Waals surface area contributed by atoms with E-state index in [2.05, 4.69) is 20.4 Å². The van der Waals surface area contributed by atoms with Gasteiger partial charge in [0.1, 0.15) is 12.4 Å². The van der Waals surface area contributed by atoms with Crippen molar-refractivity contribution in [1.29, 1.82) is 0 Å². The minimum atomic E-state index is -0.344. The lowest BCUT2D eigenvalue weighted by Gasteiger charge is -2.07. The standard InChI is InChI=1S/C11H14N6O3/c1-19-9-5-10(20-2)15-11(14-9)13-8(18)6-17-4-3-7(12)16-17/h3-5H,6H2,1-2H3,(H2,12,16)(H,13,14,15,18). The summed E-state index contributed by atoms with van der Waals surface area (Å²) in [6.07, 6.45) is 1.60. The van der Waals surface area contributed by atoms with Crippen molar-refractivity contribution < 1.29 is 14.3 Å². The summed E-state index contributed by atoms with van der Waals surface area (Å²) in [6.45, 7) is 0.0000846. The lowest BCUT2D eigenvalue weighted by molar-refractivity contribution is -0.116. The third-order valence-electron chi connectivity index (χ3n) is 2.32. The molecule has 0 spiro atoms. The predicted octanol–water partition coefficient (Wildman–Crippen LogP) is -0.0888. The second-order valence-electron chi connectivity index (χ2n) is 3.76. The van der Waals surface area contributed by atoms with Crippen LogP contribution in [0.4, 0.5) is 11.8 Å². The van der Waals surface area contributed by atoms with Crippen LogP contribution in [0, 0.1) is 0 Å². The average molecular weight is 278 g/mol. The molecule has 0 aromatic carbocycles. The molecule has 0 aliphatic carbocycles. The highest BCUT2D eigenvalue weighted by atomic mass is 16.5. The number of aromatic nitrogens is 4. The van der Waals surface area contributed by atoms with Crippen molar-refractivity contribution in [2.45, 2.75) is 6.54 Å². The fourth-order valence-electron chi connectivity index (χ4n) is 1.45. The SMILES string of the molecule is COc1cc(OC)nc(NC(=O)Cn2ccc(N)n2)n1. The number of carbonyl (C=O) groups excluding carboxylic acids is 1. The number of nitrogens with two attached hydrogens (primary N) is 1. The molecular formula is C11H14N6O3. The molecular weight excluding hydrogens is 264 g/mol. The molecule has 106 valence electrons. The second-order valence-corrected chi connectivity index (χ2v) is 3.76. The zero-order valence-electron chi connectivity index (χ0n) is 11.0. The molecule has 2 aromatic heterocycles. The Labute approximate surface area is 114 Å². The van der Waals surface area contributed by atoms with Gasteiger partial charge in [-0.3, -0.25) is 14.8 Å². The molecule has 3 N–H and O–H groups in total. The Morgan fingerprint density at radius 1 is 1.35 bits per heavy atom. The van der Waals surface area contributed by atoms with Gasteiger partial charge in [0.05, 0.1) is 20.3 Å². The third-order valence-corrected chi connectivity index (χ3v) is 2.32. The fourth-order valence-corrected chi connectivity index (χ4v) is 1.45. The summed E-state index contributed by atoms with van der Waals surface area (Å²) in [5, 5.41) is 6.43. The number of methoxy groups -OCH3 is 2. The van der Waals surface area contributed by atoms with E-state index in [1.165, 1.54) is 25.0 Å². The number of nitrogens with one attached hydrogen (secondary N) is 1. The van der Waals surface area contributed by atoms with Crippen LogP contribution in [0.15, 0.2) is 18.3 Å². The zero-order valence-corrected chi connectivity index (χ0v) is 11.0. The van der Waals surface area contributed by atoms with Gasteiger partial charge in [-0.2, -0.15) is 15.1 Å². The maximum absolute atomic E-state index is 11.8. The lowest BCUT2D eigenvalue weighted by Crippen LogP contribution is -2.20. The average Bonchev–Trinajstić information content (AvgIpc) is 2.83. The Hall–Kier alpha value is -2.84. The van der Waals surface area contributed by atoms with E-state index >= 15 is 0 Å². The maximum atomic E-state index is 11.8. The molecule has 2 aromatic rings. The molecule has 0 radical (unpaired) electrons. The Kier molecular flexibility index (Phi) is 3.99. The van der Waals surface area contributed by atoms with Crippen molar-refractivity contribution in [3.63, 3.8) is 0 Å². The lowest BCUT2D eigenvalue weighted by atomic mass is 10.5. The summed E-state index contributed by atoms with van der Waals surface area (Å²) in [4.78, 5) is 19.8. The van der Waals surface area contributed by atoms with Gasteiger partial charge in [-0.1, -0.05) is 0 Å². The molecule has 0 aliphatic heterocycles. The summed E-state index contributed by atoms with van der Waals surface area (Å²) in [7, 11) is 2.92. The predicted molar refractivity (Wildman–Crippen MR) is 70.4 cm³/mol. The van der Waals surface area contributed by atoms with E-state index in [0.29, 0.717) is 5.82 Å². The summed E-state index contributed by atoms with van der Waals surface area (Å²) < 4.78 is 11.4. The van der Waals surface area contributed by atoms with E-state index in [1.54, 1.807) is 12.3 Å². The van der Waals surface area contributed by atoms with Gasteiger partial charge in [0, 0.05) is 6.20 Å². The minimum absolute atomic E-state index is 0.0000846. The number of hydrogen-bond acceptors (Lipinski definition) is 7. The van der Waals surface area contributed by atoms with Gasteiger partial charge in [0.25, 0.3) is 0 Å². The Balaban J connectivity index is 2.07. The molecule has 0 aliphatic rings. The van der Waals surface area contributed by atoms with Gasteiger partial charge in [0.2, 0.25) is 23.6 Å². The first kappa shape index (κ1) is 13.6. The largest absolute Gasteiger partial charge is 0.481 e. The van der Waals surface area contributed by atoms with Gasteiger partial charge < -0.3 is 15.2 Å². The van der Waals surface area contributed by atoms with Crippen LogP contribution in [0.3, 0.4) is 0 Å². The number of anilines is 2. The summed E-state index contributed by atoms with van der Waals surface area (Å²) in [5.41, 5.74) is 5.46. The molecule has 0 saturated heterocycles. The molecule has 0 fully saturated rings. The molecule has 2 heterocycles. The Bertz CT molecular complexity index is 590. The van der Waals surface area contributed by atoms with Crippen LogP contribution >= 0.6 is 0 Å². The number of ether oxygens (including phenoxy) is 2. The van der Waals surface area contributed by atoms with Crippen molar-refractivity contribution in [3.8, 4) is 11.8 Å². The minimum Gasteiger partial charge on any atom is -0.481 e. The highest BCUT2D eigenvalue weighted by molar-refractivity contribution is 5.88. The Morgan fingerprint density at radius 2 is 2.00 bits per heavy atom. The third kappa shape index (κ3) is 3.34. The topological polar surface area (TPSA) is 117 Å².